The van der Waals surface area contributed by atoms with Crippen LogP contribution >= 0.6 is 43.2 Å². The molecule has 2 aromatic rings. The topological polar surface area (TPSA) is 24.9 Å². The molecular formula is C14H16Br2N2S. The smallest absolute Gasteiger partial charge is 0.0843 e. The second-order valence-electron chi connectivity index (χ2n) is 4.34. The highest BCUT2D eigenvalue weighted by molar-refractivity contribution is 9.13. The molecule has 5 heteroatoms. The zero-order valence-corrected chi connectivity index (χ0v) is 14.7. The van der Waals surface area contributed by atoms with Crippen LogP contribution < -0.4 is 5.32 Å². The van der Waals surface area contributed by atoms with Gasteiger partial charge in [-0.25, -0.2) is 0 Å². The van der Waals surface area contributed by atoms with Crippen LogP contribution in [0.3, 0.4) is 0 Å². The molecule has 0 aliphatic carbocycles. The second-order valence-corrected chi connectivity index (χ2v) is 7.60. The van der Waals surface area contributed by atoms with E-state index in [9.17, 15) is 0 Å². The summed E-state index contributed by atoms with van der Waals surface area (Å²) in [5, 5.41) is 3.62. The van der Waals surface area contributed by atoms with Crippen LogP contribution in [-0.2, 0) is 6.42 Å². The van der Waals surface area contributed by atoms with Crippen molar-refractivity contribution in [1.82, 2.24) is 10.3 Å². The van der Waals surface area contributed by atoms with Crippen LogP contribution in [0.25, 0.3) is 0 Å². The summed E-state index contributed by atoms with van der Waals surface area (Å²) in [4.78, 5) is 5.54. The van der Waals surface area contributed by atoms with Crippen LogP contribution in [0.2, 0.25) is 0 Å². The van der Waals surface area contributed by atoms with Crippen LogP contribution in [0.1, 0.15) is 29.8 Å². The number of rotatable bonds is 6. The zero-order chi connectivity index (χ0) is 13.7. The van der Waals surface area contributed by atoms with Gasteiger partial charge in [0.05, 0.1) is 3.79 Å². The molecule has 0 saturated carbocycles. The lowest BCUT2D eigenvalue weighted by molar-refractivity contribution is 0.536. The van der Waals surface area contributed by atoms with Gasteiger partial charge in [-0.15, -0.1) is 11.3 Å². The average molecular weight is 404 g/mol. The van der Waals surface area contributed by atoms with Crippen molar-refractivity contribution in [2.45, 2.75) is 25.8 Å². The van der Waals surface area contributed by atoms with Gasteiger partial charge >= 0.3 is 0 Å². The van der Waals surface area contributed by atoms with Crippen molar-refractivity contribution in [2.24, 2.45) is 0 Å². The molecule has 0 aliphatic heterocycles. The van der Waals surface area contributed by atoms with E-state index in [0.29, 0.717) is 6.04 Å². The van der Waals surface area contributed by atoms with E-state index in [4.69, 9.17) is 0 Å². The summed E-state index contributed by atoms with van der Waals surface area (Å²) in [7, 11) is 0. The molecule has 0 aliphatic rings. The quantitative estimate of drug-likeness (QED) is 0.737. The standard InChI is InChI=1S/C14H16Br2N2S/c1-2-5-18-12(7-10-4-3-6-17-9-10)13-8-11(15)14(16)19-13/h3-4,6,8-9,12,18H,2,5,7H2,1H3. The summed E-state index contributed by atoms with van der Waals surface area (Å²) in [6, 6.07) is 6.66. The molecule has 0 spiro atoms. The van der Waals surface area contributed by atoms with Crippen LogP contribution in [0.4, 0.5) is 0 Å². The Morgan fingerprint density at radius 3 is 2.84 bits per heavy atom. The molecule has 0 amide bonds. The molecular weight excluding hydrogens is 388 g/mol. The average Bonchev–Trinajstić information content (AvgIpc) is 2.76. The lowest BCUT2D eigenvalue weighted by atomic mass is 10.1. The first-order valence-electron chi connectivity index (χ1n) is 6.27. The Kier molecular flexibility index (Phi) is 6.01. The number of nitrogens with zero attached hydrogens (tertiary/aromatic N) is 1. The lowest BCUT2D eigenvalue weighted by Crippen LogP contribution is -2.23. The Morgan fingerprint density at radius 1 is 1.42 bits per heavy atom. The molecule has 0 saturated heterocycles. The number of pyridine rings is 1. The van der Waals surface area contributed by atoms with E-state index in [2.05, 4.69) is 61.2 Å². The Bertz CT molecular complexity index is 494. The Morgan fingerprint density at radius 2 is 2.26 bits per heavy atom. The fourth-order valence-electron chi connectivity index (χ4n) is 1.88. The van der Waals surface area contributed by atoms with Crippen LogP contribution in [0, 0.1) is 0 Å². The molecule has 2 aromatic heterocycles. The van der Waals surface area contributed by atoms with Crippen molar-refractivity contribution >= 4 is 43.2 Å². The normalized spacial score (nSPS) is 12.6. The fraction of sp³-hybridized carbons (Fsp3) is 0.357. The molecule has 2 nitrogen and oxygen atoms in total. The second kappa shape index (κ2) is 7.53. The van der Waals surface area contributed by atoms with Gasteiger partial charge in [0.15, 0.2) is 0 Å². The highest BCUT2D eigenvalue weighted by Crippen LogP contribution is 2.36. The van der Waals surface area contributed by atoms with Crippen molar-refractivity contribution in [3.05, 3.63) is 49.3 Å². The first kappa shape index (κ1) is 15.2. The van der Waals surface area contributed by atoms with Crippen molar-refractivity contribution < 1.29 is 0 Å². The van der Waals surface area contributed by atoms with Gasteiger partial charge in [-0.2, -0.15) is 0 Å². The number of hydrogen-bond donors (Lipinski definition) is 1. The number of aromatic nitrogens is 1. The molecule has 0 radical (unpaired) electrons. The minimum atomic E-state index is 0.344. The SMILES string of the molecule is CCCNC(Cc1cccnc1)c1cc(Br)c(Br)s1. The van der Waals surface area contributed by atoms with Crippen LogP contribution in [0.15, 0.2) is 38.9 Å². The summed E-state index contributed by atoms with van der Waals surface area (Å²) >= 11 is 8.91. The maximum atomic E-state index is 4.19. The lowest BCUT2D eigenvalue weighted by Gasteiger charge is -2.17. The van der Waals surface area contributed by atoms with E-state index in [0.717, 1.165) is 27.6 Å². The van der Waals surface area contributed by atoms with E-state index < -0.39 is 0 Å². The summed E-state index contributed by atoms with van der Waals surface area (Å²) < 4.78 is 2.28. The minimum absolute atomic E-state index is 0.344. The number of halogens is 2. The number of thiophene rings is 1. The van der Waals surface area contributed by atoms with E-state index >= 15 is 0 Å². The minimum Gasteiger partial charge on any atom is -0.309 e. The summed E-state index contributed by atoms with van der Waals surface area (Å²) in [6.45, 7) is 3.21. The number of nitrogens with one attached hydrogen (secondary N) is 1. The van der Waals surface area contributed by atoms with Gasteiger partial charge in [0.2, 0.25) is 0 Å². The molecule has 0 aromatic carbocycles. The highest BCUT2D eigenvalue weighted by atomic mass is 79.9. The molecule has 1 atom stereocenters. The summed E-state index contributed by atoms with van der Waals surface area (Å²) in [6.07, 6.45) is 5.86. The van der Waals surface area contributed by atoms with Crippen molar-refractivity contribution in [3.8, 4) is 0 Å². The third-order valence-electron chi connectivity index (χ3n) is 2.81. The van der Waals surface area contributed by atoms with Gasteiger partial charge in [-0.1, -0.05) is 13.0 Å². The molecule has 1 N–H and O–H groups in total. The predicted octanol–water partition coefficient (Wildman–Crippen LogP) is 4.95. The van der Waals surface area contributed by atoms with Gasteiger partial charge in [0.25, 0.3) is 0 Å². The summed E-state index contributed by atoms with van der Waals surface area (Å²) in [5.74, 6) is 0. The van der Waals surface area contributed by atoms with E-state index in [1.807, 2.05) is 18.5 Å². The van der Waals surface area contributed by atoms with Gasteiger partial charge in [0.1, 0.15) is 0 Å². The Hall–Kier alpha value is -0.230. The number of hydrogen-bond acceptors (Lipinski definition) is 3. The summed E-state index contributed by atoms with van der Waals surface area (Å²) in [5.41, 5.74) is 1.26. The van der Waals surface area contributed by atoms with Crippen LogP contribution in [0.5, 0.6) is 0 Å². The van der Waals surface area contributed by atoms with Gasteiger partial charge < -0.3 is 5.32 Å². The van der Waals surface area contributed by atoms with E-state index in [-0.39, 0.29) is 0 Å². The predicted molar refractivity (Wildman–Crippen MR) is 88.7 cm³/mol. The molecule has 0 fully saturated rings. The molecule has 1 unspecified atom stereocenters. The Labute approximate surface area is 134 Å². The van der Waals surface area contributed by atoms with Crippen molar-refractivity contribution in [3.63, 3.8) is 0 Å². The molecule has 2 heterocycles. The fourth-order valence-corrected chi connectivity index (χ4v) is 4.05. The third-order valence-corrected chi connectivity index (χ3v) is 6.18. The maximum Gasteiger partial charge on any atom is 0.0843 e. The molecule has 19 heavy (non-hydrogen) atoms. The molecule has 102 valence electrons. The van der Waals surface area contributed by atoms with Crippen molar-refractivity contribution in [2.75, 3.05) is 6.54 Å². The van der Waals surface area contributed by atoms with E-state index in [1.165, 1.54) is 10.4 Å². The third kappa shape index (κ3) is 4.38. The molecule has 2 rings (SSSR count). The van der Waals surface area contributed by atoms with Gasteiger partial charge in [-0.3, -0.25) is 4.98 Å². The van der Waals surface area contributed by atoms with Gasteiger partial charge in [0, 0.05) is 27.8 Å². The maximum absolute atomic E-state index is 4.19. The zero-order valence-electron chi connectivity index (χ0n) is 10.7. The van der Waals surface area contributed by atoms with Crippen molar-refractivity contribution in [1.29, 1.82) is 0 Å². The van der Waals surface area contributed by atoms with Crippen LogP contribution in [-0.4, -0.2) is 11.5 Å². The highest BCUT2D eigenvalue weighted by Gasteiger charge is 2.15. The van der Waals surface area contributed by atoms with E-state index in [1.54, 1.807) is 11.3 Å². The first-order chi connectivity index (χ1) is 9.20. The largest absolute Gasteiger partial charge is 0.309 e. The van der Waals surface area contributed by atoms with Gasteiger partial charge in [-0.05, 0) is 68.9 Å². The molecule has 0 bridgehead atoms. The monoisotopic (exact) mass is 402 g/mol. The first-order valence-corrected chi connectivity index (χ1v) is 8.68. The Balaban J connectivity index is 2.15.